The predicted molar refractivity (Wildman–Crippen MR) is 77.6 cm³/mol. The molecule has 0 aliphatic carbocycles. The van der Waals surface area contributed by atoms with Crippen molar-refractivity contribution in [2.75, 3.05) is 25.9 Å². The molecule has 2 heterocycles. The largest absolute Gasteiger partial charge is 0.397 e. The molecular weight excluding hydrogens is 262 g/mol. The number of aryl methyl sites for hydroxylation is 2. The number of aliphatic hydroxyl groups excluding tert-OH is 1. The second-order valence-electron chi connectivity index (χ2n) is 4.52. The Bertz CT molecular complexity index is 636. The van der Waals surface area contributed by atoms with Crippen LogP contribution in [0.2, 0.25) is 0 Å². The first-order chi connectivity index (χ1) is 8.95. The van der Waals surface area contributed by atoms with E-state index in [1.165, 1.54) is 16.2 Å². The molecule has 2 aromatic heterocycles. The average molecular weight is 279 g/mol. The number of nitrogens with two attached hydrogens (primary N) is 1. The summed E-state index contributed by atoms with van der Waals surface area (Å²) in [6.45, 7) is 4.04. The minimum absolute atomic E-state index is 0.0628. The van der Waals surface area contributed by atoms with E-state index in [1.54, 1.807) is 7.05 Å². The van der Waals surface area contributed by atoms with Gasteiger partial charge in [-0.15, -0.1) is 11.3 Å². The van der Waals surface area contributed by atoms with Crippen molar-refractivity contribution >= 4 is 33.0 Å². The van der Waals surface area contributed by atoms with Crippen molar-refractivity contribution in [2.24, 2.45) is 0 Å². The van der Waals surface area contributed by atoms with E-state index in [1.807, 2.05) is 19.9 Å². The second-order valence-corrected chi connectivity index (χ2v) is 5.57. The maximum absolute atomic E-state index is 12.2. The van der Waals surface area contributed by atoms with Gasteiger partial charge in [0.25, 0.3) is 5.91 Å². The van der Waals surface area contributed by atoms with E-state index < -0.39 is 0 Å². The van der Waals surface area contributed by atoms with E-state index in [2.05, 4.69) is 4.98 Å². The topological polar surface area (TPSA) is 79.5 Å². The number of thiophene rings is 1. The van der Waals surface area contributed by atoms with Crippen LogP contribution in [0.4, 0.5) is 5.69 Å². The Morgan fingerprint density at radius 3 is 2.84 bits per heavy atom. The van der Waals surface area contributed by atoms with Crippen LogP contribution in [-0.2, 0) is 0 Å². The molecule has 0 radical (unpaired) electrons. The molecule has 0 atom stereocenters. The number of pyridine rings is 1. The molecule has 0 saturated heterocycles. The highest BCUT2D eigenvalue weighted by Gasteiger charge is 2.21. The summed E-state index contributed by atoms with van der Waals surface area (Å²) in [7, 11) is 1.65. The maximum Gasteiger partial charge on any atom is 0.265 e. The molecule has 0 fully saturated rings. The zero-order chi connectivity index (χ0) is 14.2. The zero-order valence-corrected chi connectivity index (χ0v) is 12.0. The maximum atomic E-state index is 12.2. The van der Waals surface area contributed by atoms with Gasteiger partial charge in [-0.1, -0.05) is 0 Å². The zero-order valence-electron chi connectivity index (χ0n) is 11.2. The Morgan fingerprint density at radius 1 is 1.53 bits per heavy atom. The third-order valence-corrected chi connectivity index (χ3v) is 4.14. The number of hydrogen-bond donors (Lipinski definition) is 2. The summed E-state index contributed by atoms with van der Waals surface area (Å²) in [6.07, 6.45) is 0. The highest BCUT2D eigenvalue weighted by molar-refractivity contribution is 7.21. The van der Waals surface area contributed by atoms with E-state index >= 15 is 0 Å². The Kier molecular flexibility index (Phi) is 3.73. The summed E-state index contributed by atoms with van der Waals surface area (Å²) >= 11 is 1.38. The van der Waals surface area contributed by atoms with Crippen molar-refractivity contribution in [1.82, 2.24) is 9.88 Å². The molecule has 2 aromatic rings. The molecule has 0 aliphatic heterocycles. The Hall–Kier alpha value is -1.66. The molecule has 0 aliphatic rings. The minimum atomic E-state index is -0.162. The molecule has 0 aromatic carbocycles. The number of amides is 1. The van der Waals surface area contributed by atoms with Crippen molar-refractivity contribution < 1.29 is 9.90 Å². The lowest BCUT2D eigenvalue weighted by molar-refractivity contribution is 0.0772. The summed E-state index contributed by atoms with van der Waals surface area (Å²) in [6, 6.07) is 1.94. The molecule has 1 amide bonds. The van der Waals surface area contributed by atoms with Gasteiger partial charge in [-0.2, -0.15) is 0 Å². The van der Waals surface area contributed by atoms with Crippen LogP contribution in [-0.4, -0.2) is 41.1 Å². The van der Waals surface area contributed by atoms with E-state index in [-0.39, 0.29) is 12.5 Å². The van der Waals surface area contributed by atoms with Crippen LogP contribution < -0.4 is 5.73 Å². The fourth-order valence-corrected chi connectivity index (χ4v) is 3.33. The summed E-state index contributed by atoms with van der Waals surface area (Å²) in [4.78, 5) is 18.6. The summed E-state index contributed by atoms with van der Waals surface area (Å²) in [5.74, 6) is -0.162. The number of rotatable bonds is 3. The van der Waals surface area contributed by atoms with Crippen molar-refractivity contribution in [2.45, 2.75) is 13.8 Å². The Morgan fingerprint density at radius 2 is 2.21 bits per heavy atom. The molecule has 102 valence electrons. The number of hydrogen-bond acceptors (Lipinski definition) is 5. The average Bonchev–Trinajstić information content (AvgIpc) is 2.65. The fraction of sp³-hybridized carbons (Fsp3) is 0.385. The number of carbonyl (C=O) groups excluding carboxylic acids is 1. The number of nitrogens with zero attached hydrogens (tertiary/aromatic N) is 2. The van der Waals surface area contributed by atoms with Crippen LogP contribution in [0.5, 0.6) is 0 Å². The monoisotopic (exact) mass is 279 g/mol. The number of carbonyl (C=O) groups is 1. The van der Waals surface area contributed by atoms with Gasteiger partial charge in [0.15, 0.2) is 0 Å². The van der Waals surface area contributed by atoms with Gasteiger partial charge in [-0.05, 0) is 19.9 Å². The fourth-order valence-electron chi connectivity index (χ4n) is 2.06. The standard InChI is InChI=1S/C13H17N3O2S/c1-7-6-9-10(8(2)15-7)11(14)12(19-9)13(18)16(3)4-5-17/h6,17H,4-5,14H2,1-3H3. The normalized spacial score (nSPS) is 10.9. The molecule has 5 nitrogen and oxygen atoms in total. The van der Waals surface area contributed by atoms with Crippen LogP contribution in [0.3, 0.4) is 0 Å². The van der Waals surface area contributed by atoms with E-state index in [0.29, 0.717) is 17.1 Å². The number of aliphatic hydroxyl groups is 1. The molecule has 19 heavy (non-hydrogen) atoms. The van der Waals surface area contributed by atoms with Gasteiger partial charge < -0.3 is 15.7 Å². The SMILES string of the molecule is Cc1cc2sc(C(=O)N(C)CCO)c(N)c2c(C)n1. The van der Waals surface area contributed by atoms with Gasteiger partial charge in [0.2, 0.25) is 0 Å². The molecular formula is C13H17N3O2S. The highest BCUT2D eigenvalue weighted by atomic mass is 32.1. The number of anilines is 1. The first-order valence-electron chi connectivity index (χ1n) is 5.98. The lowest BCUT2D eigenvalue weighted by atomic mass is 10.2. The van der Waals surface area contributed by atoms with Gasteiger partial charge in [0, 0.05) is 35.1 Å². The lowest BCUT2D eigenvalue weighted by Crippen LogP contribution is -2.29. The molecule has 0 saturated carbocycles. The molecule has 0 unspecified atom stereocenters. The van der Waals surface area contributed by atoms with Gasteiger partial charge >= 0.3 is 0 Å². The summed E-state index contributed by atoms with van der Waals surface area (Å²) in [5.41, 5.74) is 8.32. The highest BCUT2D eigenvalue weighted by Crippen LogP contribution is 2.36. The number of likely N-dealkylation sites (N-methyl/N-ethyl adjacent to an activating group) is 1. The predicted octanol–water partition coefficient (Wildman–Crippen LogP) is 1.56. The Labute approximate surface area is 115 Å². The van der Waals surface area contributed by atoms with Gasteiger partial charge in [-0.25, -0.2) is 0 Å². The molecule has 0 spiro atoms. The summed E-state index contributed by atoms with van der Waals surface area (Å²) < 4.78 is 0.975. The number of aromatic nitrogens is 1. The van der Waals surface area contributed by atoms with Crippen molar-refractivity contribution in [3.8, 4) is 0 Å². The van der Waals surface area contributed by atoms with Crippen LogP contribution in [0.25, 0.3) is 10.1 Å². The molecule has 2 rings (SSSR count). The van der Waals surface area contributed by atoms with Gasteiger partial charge in [0.05, 0.1) is 12.3 Å². The second kappa shape index (κ2) is 5.14. The smallest absolute Gasteiger partial charge is 0.265 e. The van der Waals surface area contributed by atoms with E-state index in [4.69, 9.17) is 10.8 Å². The van der Waals surface area contributed by atoms with Crippen LogP contribution >= 0.6 is 11.3 Å². The third-order valence-electron chi connectivity index (χ3n) is 2.99. The lowest BCUT2D eigenvalue weighted by Gasteiger charge is -2.14. The first-order valence-corrected chi connectivity index (χ1v) is 6.80. The van der Waals surface area contributed by atoms with Crippen LogP contribution in [0.15, 0.2) is 6.07 Å². The van der Waals surface area contributed by atoms with Crippen LogP contribution in [0.1, 0.15) is 21.1 Å². The molecule has 0 bridgehead atoms. The van der Waals surface area contributed by atoms with Gasteiger partial charge in [0.1, 0.15) is 4.88 Å². The van der Waals surface area contributed by atoms with Crippen molar-refractivity contribution in [3.63, 3.8) is 0 Å². The third kappa shape index (κ3) is 2.41. The number of fused-ring (bicyclic) bond motifs is 1. The number of nitrogen functional groups attached to an aromatic ring is 1. The van der Waals surface area contributed by atoms with Gasteiger partial charge in [-0.3, -0.25) is 9.78 Å². The minimum Gasteiger partial charge on any atom is -0.397 e. The molecule has 3 N–H and O–H groups in total. The quantitative estimate of drug-likeness (QED) is 0.893. The summed E-state index contributed by atoms with van der Waals surface area (Å²) in [5, 5.41) is 9.75. The molecule has 6 heteroatoms. The Balaban J connectivity index is 2.54. The van der Waals surface area contributed by atoms with Crippen molar-refractivity contribution in [3.05, 3.63) is 22.3 Å². The van der Waals surface area contributed by atoms with E-state index in [9.17, 15) is 4.79 Å². The van der Waals surface area contributed by atoms with Crippen LogP contribution in [0, 0.1) is 13.8 Å². The van der Waals surface area contributed by atoms with Crippen molar-refractivity contribution in [1.29, 1.82) is 0 Å². The first kappa shape index (κ1) is 13.8. The van der Waals surface area contributed by atoms with E-state index in [0.717, 1.165) is 21.5 Å².